The molecule has 0 spiro atoms. The lowest BCUT2D eigenvalue weighted by atomic mass is 10.1. The number of aromatic nitrogens is 8. The van der Waals surface area contributed by atoms with Gasteiger partial charge in [-0.15, -0.1) is 5.11 Å². The van der Waals surface area contributed by atoms with Gasteiger partial charge in [-0.25, -0.2) is 29.9 Å². The fourth-order valence-electron chi connectivity index (χ4n) is 5.76. The van der Waals surface area contributed by atoms with E-state index in [9.17, 15) is 5.53 Å². The van der Waals surface area contributed by atoms with Gasteiger partial charge in [0.15, 0.2) is 23.3 Å². The Kier molecular flexibility index (Phi) is 4.54. The number of rotatable bonds is 1. The number of benzene rings is 4. The Labute approximate surface area is 236 Å². The van der Waals surface area contributed by atoms with Gasteiger partial charge in [0.05, 0.1) is 11.1 Å². The van der Waals surface area contributed by atoms with Gasteiger partial charge in [0.1, 0.15) is 22.6 Å². The lowest BCUT2D eigenvalue weighted by molar-refractivity contribution is 1.19. The molecule has 10 nitrogen and oxygen atoms in total. The first kappa shape index (κ1) is 22.6. The fraction of sp³-hybridized carbons (Fsp3) is 0. The van der Waals surface area contributed by atoms with Gasteiger partial charge >= 0.3 is 0 Å². The number of hydrogen-bond donors (Lipinski definition) is 2. The third-order valence-electron chi connectivity index (χ3n) is 7.67. The summed E-state index contributed by atoms with van der Waals surface area (Å²) in [7, 11) is 0. The van der Waals surface area contributed by atoms with E-state index in [1.54, 1.807) is 6.07 Å². The Morgan fingerprint density at radius 2 is 0.833 bits per heavy atom. The predicted octanol–water partition coefficient (Wildman–Crippen LogP) is 6.75. The summed E-state index contributed by atoms with van der Waals surface area (Å²) in [6.07, 6.45) is 0. The molecule has 10 heteroatoms. The first-order valence-corrected chi connectivity index (χ1v) is 13.3. The molecule has 0 atom stereocenters. The van der Waals surface area contributed by atoms with Gasteiger partial charge in [-0.2, -0.15) is 0 Å². The summed E-state index contributed by atoms with van der Waals surface area (Å²) >= 11 is 0. The molecule has 9 rings (SSSR count). The second-order valence-corrected chi connectivity index (χ2v) is 10.0. The second-order valence-electron chi connectivity index (χ2n) is 10.0. The predicted molar refractivity (Wildman–Crippen MR) is 160 cm³/mol. The fourth-order valence-corrected chi connectivity index (χ4v) is 5.76. The molecule has 1 radical (unpaired) electrons. The Hall–Kier alpha value is -6.16. The average molecular weight is 542 g/mol. The van der Waals surface area contributed by atoms with Crippen LogP contribution in [0.15, 0.2) is 96.1 Å². The molecule has 2 aliphatic rings. The van der Waals surface area contributed by atoms with Gasteiger partial charge in [-0.1, -0.05) is 84.9 Å². The van der Waals surface area contributed by atoms with Crippen molar-refractivity contribution in [2.24, 2.45) is 5.11 Å². The van der Waals surface area contributed by atoms with Crippen LogP contribution < -0.4 is 5.53 Å². The van der Waals surface area contributed by atoms with Crippen LogP contribution in [0.5, 0.6) is 0 Å². The largest absolute Gasteiger partial charge is 0.324 e. The highest BCUT2D eigenvalue weighted by atomic mass is 15.1. The van der Waals surface area contributed by atoms with E-state index in [4.69, 9.17) is 29.9 Å². The molecule has 42 heavy (non-hydrogen) atoms. The van der Waals surface area contributed by atoms with Crippen molar-refractivity contribution in [1.82, 2.24) is 45.4 Å². The molecule has 4 aromatic carbocycles. The smallest absolute Gasteiger partial charge is 0.164 e. The molecule has 0 saturated carbocycles. The Morgan fingerprint density at radius 3 is 1.33 bits per heavy atom. The van der Waals surface area contributed by atoms with E-state index in [0.717, 1.165) is 38.4 Å². The van der Waals surface area contributed by atoms with Gasteiger partial charge in [-0.3, -0.25) is 0 Å². The van der Waals surface area contributed by atoms with Crippen LogP contribution in [0.2, 0.25) is 0 Å². The first-order valence-electron chi connectivity index (χ1n) is 13.3. The third kappa shape index (κ3) is 3.20. The highest BCUT2D eigenvalue weighted by Gasteiger charge is 2.22. The lowest BCUT2D eigenvalue weighted by Crippen LogP contribution is -1.83. The third-order valence-corrected chi connectivity index (χ3v) is 7.67. The summed E-state index contributed by atoms with van der Waals surface area (Å²) in [5, 5.41) is 6.73. The number of aromatic amines is 2. The van der Waals surface area contributed by atoms with Crippen LogP contribution in [0.25, 0.3) is 89.7 Å². The molecule has 0 unspecified atom stereocenters. The van der Waals surface area contributed by atoms with Crippen molar-refractivity contribution in [3.05, 3.63) is 91.0 Å². The highest BCUT2D eigenvalue weighted by Crippen LogP contribution is 2.38. The van der Waals surface area contributed by atoms with Gasteiger partial charge in [0, 0.05) is 38.4 Å². The van der Waals surface area contributed by atoms with Crippen molar-refractivity contribution >= 4 is 49.8 Å². The van der Waals surface area contributed by atoms with Crippen LogP contribution >= 0.6 is 0 Å². The number of H-pyrrole nitrogens is 2. The van der Waals surface area contributed by atoms with E-state index in [2.05, 4.69) is 15.1 Å². The normalized spacial score (nSPS) is 11.9. The molecular formula is C32H17N10. The zero-order valence-electron chi connectivity index (χ0n) is 21.7. The summed E-state index contributed by atoms with van der Waals surface area (Å²) in [5.41, 5.74) is 15.9. The Bertz CT molecular complexity index is 2450. The van der Waals surface area contributed by atoms with Crippen LogP contribution in [0.3, 0.4) is 0 Å². The summed E-state index contributed by atoms with van der Waals surface area (Å²) in [6.45, 7) is 0. The van der Waals surface area contributed by atoms with Gasteiger partial charge in [0.25, 0.3) is 0 Å². The molecule has 2 N–H and O–H groups in total. The quantitative estimate of drug-likeness (QED) is 0.220. The Morgan fingerprint density at radius 1 is 0.429 bits per heavy atom. The summed E-state index contributed by atoms with van der Waals surface area (Å²) in [5.74, 6) is 2.07. The molecule has 7 aromatic rings. The molecule has 3 aromatic heterocycles. The molecule has 8 bridgehead atoms. The number of fused-ring (bicyclic) bond motifs is 20. The van der Waals surface area contributed by atoms with Crippen molar-refractivity contribution < 1.29 is 0 Å². The van der Waals surface area contributed by atoms with Crippen LogP contribution in [-0.4, -0.2) is 39.9 Å². The van der Waals surface area contributed by atoms with Gasteiger partial charge in [0.2, 0.25) is 0 Å². The van der Waals surface area contributed by atoms with E-state index in [1.165, 1.54) is 0 Å². The highest BCUT2D eigenvalue weighted by molar-refractivity contribution is 6.11. The van der Waals surface area contributed by atoms with Gasteiger partial charge < -0.3 is 9.97 Å². The zero-order chi connectivity index (χ0) is 27.8. The Balaban J connectivity index is 1.52. The van der Waals surface area contributed by atoms with E-state index in [1.807, 2.05) is 84.9 Å². The van der Waals surface area contributed by atoms with Crippen LogP contribution in [-0.2, 0) is 0 Å². The summed E-state index contributed by atoms with van der Waals surface area (Å²) < 4.78 is 0. The van der Waals surface area contributed by atoms with Gasteiger partial charge in [-0.05, 0) is 11.6 Å². The molecular weight excluding hydrogens is 524 g/mol. The molecule has 5 heterocycles. The van der Waals surface area contributed by atoms with Crippen LogP contribution in [0.4, 0.5) is 5.69 Å². The van der Waals surface area contributed by atoms with E-state index >= 15 is 0 Å². The average Bonchev–Trinajstić information content (AvgIpc) is 3.76. The van der Waals surface area contributed by atoms with E-state index in [-0.39, 0.29) is 0 Å². The summed E-state index contributed by atoms with van der Waals surface area (Å²) in [6, 6.07) is 29.2. The lowest BCUT2D eigenvalue weighted by Gasteiger charge is -1.97. The van der Waals surface area contributed by atoms with Crippen molar-refractivity contribution in [1.29, 1.82) is 0 Å². The maximum Gasteiger partial charge on any atom is 0.164 e. The topological polar surface area (TPSA) is 144 Å². The van der Waals surface area contributed by atoms with Crippen molar-refractivity contribution in [2.75, 3.05) is 0 Å². The minimum atomic E-state index is 0.365. The second kappa shape index (κ2) is 8.42. The van der Waals surface area contributed by atoms with Crippen LogP contribution in [0.1, 0.15) is 0 Å². The number of nitrogens with one attached hydrogen (secondary N) is 2. The van der Waals surface area contributed by atoms with Crippen LogP contribution in [0, 0.1) is 0 Å². The maximum absolute atomic E-state index is 9.87. The van der Waals surface area contributed by atoms with Crippen molar-refractivity contribution in [3.63, 3.8) is 0 Å². The molecule has 195 valence electrons. The molecule has 0 aliphatic carbocycles. The molecule has 0 saturated heterocycles. The number of nitrogens with zero attached hydrogens (tertiary/aromatic N) is 8. The monoisotopic (exact) mass is 541 g/mol. The minimum Gasteiger partial charge on any atom is -0.324 e. The maximum atomic E-state index is 9.87. The molecule has 2 aliphatic heterocycles. The molecule has 0 amide bonds. The number of hydrogen-bond acceptors (Lipinski definition) is 7. The summed E-state index contributed by atoms with van der Waals surface area (Å²) in [4.78, 5) is 36.4. The molecule has 0 fully saturated rings. The van der Waals surface area contributed by atoms with Crippen molar-refractivity contribution in [3.8, 4) is 45.6 Å². The first-order chi connectivity index (χ1) is 20.7. The standard InChI is InChI=1S/C32H17N10/c33-42-23-15-7-14-22-24(23)32-40-30-21-13-6-5-12-20(21)28(38-30)36-26-17-9-2-1-8-16(17)25(34-26)35-27-18-10-3-4-11-19(18)29(37-27)39-31(22)41-32/h1-15H,(H2,34,35,36,37,38,39,40,41). The van der Waals surface area contributed by atoms with E-state index < -0.39 is 0 Å². The zero-order valence-corrected chi connectivity index (χ0v) is 21.7. The van der Waals surface area contributed by atoms with E-state index in [0.29, 0.717) is 57.0 Å². The minimum absolute atomic E-state index is 0.365. The van der Waals surface area contributed by atoms with Crippen molar-refractivity contribution in [2.45, 2.75) is 0 Å². The SMILES string of the molecule is [N]=Nc1cccc2c3nc4nc(nc5[nH]c(nc6nc(nc([nH]3)c12)-c1ccccc1-6)c1ccccc51)-c1ccccc1-4.